The molecule has 5 nitrogen and oxygen atoms in total. The molecule has 1 aliphatic rings. The van der Waals surface area contributed by atoms with E-state index in [4.69, 9.17) is 28.6 Å². The number of anilines is 1. The van der Waals surface area contributed by atoms with E-state index in [1.165, 1.54) is 5.56 Å². The van der Waals surface area contributed by atoms with E-state index in [2.05, 4.69) is 70.9 Å². The van der Waals surface area contributed by atoms with E-state index in [0.717, 1.165) is 44.8 Å². The Hall–Kier alpha value is -3.35. The number of thiocarbonyl (C=S) groups is 1. The highest BCUT2D eigenvalue weighted by molar-refractivity contribution is 7.80. The van der Waals surface area contributed by atoms with Crippen LogP contribution in [0.2, 0.25) is 5.02 Å². The first-order valence-corrected chi connectivity index (χ1v) is 12.9. The van der Waals surface area contributed by atoms with Crippen LogP contribution in [0.1, 0.15) is 47.2 Å². The molecule has 0 radical (unpaired) electrons. The van der Waals surface area contributed by atoms with Crippen molar-refractivity contribution in [3.63, 3.8) is 0 Å². The number of nitrogens with zero attached hydrogens (tertiary/aromatic N) is 3. The largest absolute Gasteiger partial charge is 0.494 e. The Morgan fingerprint density at radius 3 is 2.50 bits per heavy atom. The van der Waals surface area contributed by atoms with Crippen molar-refractivity contribution in [3.05, 3.63) is 106 Å². The van der Waals surface area contributed by atoms with Crippen LogP contribution in [0.15, 0.2) is 72.9 Å². The Balaban J connectivity index is 1.66. The summed E-state index contributed by atoms with van der Waals surface area (Å²) in [6.45, 7) is 9.02. The van der Waals surface area contributed by atoms with Crippen LogP contribution in [0.3, 0.4) is 0 Å². The number of aromatic nitrogens is 2. The molecule has 2 unspecified atom stereocenters. The van der Waals surface area contributed by atoms with Gasteiger partial charge in [-0.25, -0.2) is 0 Å². The smallest absolute Gasteiger partial charge is 0.174 e. The average Bonchev–Trinajstić information content (AvgIpc) is 3.37. The van der Waals surface area contributed by atoms with E-state index in [-0.39, 0.29) is 12.1 Å². The van der Waals surface area contributed by atoms with Gasteiger partial charge in [0.05, 0.1) is 24.4 Å². The zero-order valence-corrected chi connectivity index (χ0v) is 22.4. The van der Waals surface area contributed by atoms with Crippen LogP contribution >= 0.6 is 23.8 Å². The summed E-state index contributed by atoms with van der Waals surface area (Å²) in [6, 6.07) is 22.2. The fourth-order valence-electron chi connectivity index (χ4n) is 5.10. The monoisotopic (exact) mass is 516 g/mol. The molecule has 2 aromatic heterocycles. The zero-order valence-electron chi connectivity index (χ0n) is 20.8. The maximum absolute atomic E-state index is 6.40. The van der Waals surface area contributed by atoms with E-state index in [9.17, 15) is 0 Å². The van der Waals surface area contributed by atoms with Crippen molar-refractivity contribution in [1.29, 1.82) is 0 Å². The second-order valence-electron chi connectivity index (χ2n) is 9.02. The lowest BCUT2D eigenvalue weighted by Gasteiger charge is -2.28. The molecule has 5 rings (SSSR count). The van der Waals surface area contributed by atoms with E-state index in [1.807, 2.05) is 49.5 Å². The highest BCUT2D eigenvalue weighted by atomic mass is 35.5. The average molecular weight is 517 g/mol. The quantitative estimate of drug-likeness (QED) is 0.279. The van der Waals surface area contributed by atoms with Gasteiger partial charge < -0.3 is 19.5 Å². The van der Waals surface area contributed by atoms with Crippen molar-refractivity contribution >= 4 is 34.6 Å². The molecule has 184 valence electrons. The van der Waals surface area contributed by atoms with E-state index >= 15 is 0 Å². The predicted octanol–water partition coefficient (Wildman–Crippen LogP) is 7.03. The minimum Gasteiger partial charge on any atom is -0.494 e. The van der Waals surface area contributed by atoms with Crippen molar-refractivity contribution in [1.82, 2.24) is 14.9 Å². The summed E-state index contributed by atoms with van der Waals surface area (Å²) in [7, 11) is 0. The molecule has 1 aliphatic heterocycles. The molecule has 0 spiro atoms. The van der Waals surface area contributed by atoms with Gasteiger partial charge in [-0.2, -0.15) is 0 Å². The first-order valence-electron chi connectivity index (χ1n) is 12.1. The second-order valence-corrected chi connectivity index (χ2v) is 9.84. The van der Waals surface area contributed by atoms with Gasteiger partial charge in [0.15, 0.2) is 5.11 Å². The lowest BCUT2D eigenvalue weighted by molar-refractivity contribution is 0.340. The van der Waals surface area contributed by atoms with Crippen LogP contribution < -0.4 is 15.0 Å². The van der Waals surface area contributed by atoms with E-state index < -0.39 is 0 Å². The molecule has 2 aromatic carbocycles. The van der Waals surface area contributed by atoms with Gasteiger partial charge >= 0.3 is 0 Å². The molecule has 2 atom stereocenters. The third-order valence-electron chi connectivity index (χ3n) is 6.73. The number of hydrogen-bond donors (Lipinski definition) is 1. The van der Waals surface area contributed by atoms with E-state index in [0.29, 0.717) is 11.7 Å². The maximum Gasteiger partial charge on any atom is 0.174 e. The maximum atomic E-state index is 6.40. The topological polar surface area (TPSA) is 42.3 Å². The van der Waals surface area contributed by atoms with Crippen molar-refractivity contribution in [2.75, 3.05) is 11.5 Å². The van der Waals surface area contributed by atoms with Crippen LogP contribution in [0, 0.1) is 20.8 Å². The van der Waals surface area contributed by atoms with Gasteiger partial charge in [-0.3, -0.25) is 4.98 Å². The number of aryl methyl sites for hydroxylation is 2. The molecule has 1 saturated heterocycles. The fourth-order valence-corrected chi connectivity index (χ4v) is 5.61. The summed E-state index contributed by atoms with van der Waals surface area (Å²) in [6.07, 6.45) is 1.83. The number of hydrogen-bond acceptors (Lipinski definition) is 3. The zero-order chi connectivity index (χ0) is 25.4. The van der Waals surface area contributed by atoms with Crippen LogP contribution in [-0.2, 0) is 0 Å². The summed E-state index contributed by atoms with van der Waals surface area (Å²) in [5.74, 6) is 0.840. The van der Waals surface area contributed by atoms with Gasteiger partial charge in [-0.15, -0.1) is 0 Å². The highest BCUT2D eigenvalue weighted by Crippen LogP contribution is 2.44. The molecule has 1 fully saturated rings. The number of pyridine rings is 1. The Morgan fingerprint density at radius 2 is 1.81 bits per heavy atom. The van der Waals surface area contributed by atoms with Gasteiger partial charge in [-0.1, -0.05) is 23.7 Å². The van der Waals surface area contributed by atoms with Crippen LogP contribution in [0.4, 0.5) is 5.69 Å². The number of halogens is 1. The molecule has 3 heterocycles. The van der Waals surface area contributed by atoms with Gasteiger partial charge in [0.25, 0.3) is 0 Å². The summed E-state index contributed by atoms with van der Waals surface area (Å²) in [5.41, 5.74) is 7.66. The van der Waals surface area contributed by atoms with Gasteiger partial charge in [0, 0.05) is 34.0 Å². The Morgan fingerprint density at radius 1 is 1.03 bits per heavy atom. The van der Waals surface area contributed by atoms with Crippen molar-refractivity contribution in [2.45, 2.75) is 39.8 Å². The van der Waals surface area contributed by atoms with Crippen molar-refractivity contribution in [2.24, 2.45) is 0 Å². The lowest BCUT2D eigenvalue weighted by Crippen LogP contribution is -2.29. The SMILES string of the molecule is CCOc1ccc(N2C(=S)NC(c3ccccn3)C2c2cc(C)n(-c3cc(Cl)ccc3C)c2C)cc1. The number of nitrogens with one attached hydrogen (secondary N) is 1. The molecular weight excluding hydrogens is 488 g/mol. The van der Waals surface area contributed by atoms with Crippen LogP contribution in [0.5, 0.6) is 5.75 Å². The lowest BCUT2D eigenvalue weighted by atomic mass is 9.96. The Kier molecular flexibility index (Phi) is 6.73. The minimum atomic E-state index is -0.111. The normalized spacial score (nSPS) is 17.4. The predicted molar refractivity (Wildman–Crippen MR) is 151 cm³/mol. The van der Waals surface area contributed by atoms with E-state index in [1.54, 1.807) is 0 Å². The first-order chi connectivity index (χ1) is 17.4. The number of benzene rings is 2. The summed E-state index contributed by atoms with van der Waals surface area (Å²) >= 11 is 12.3. The molecule has 7 heteroatoms. The third-order valence-corrected chi connectivity index (χ3v) is 7.27. The molecular formula is C29H29ClN4OS. The fraction of sp³-hybridized carbons (Fsp3) is 0.241. The summed E-state index contributed by atoms with van der Waals surface area (Å²) in [4.78, 5) is 6.88. The summed E-state index contributed by atoms with van der Waals surface area (Å²) in [5, 5.41) is 4.94. The first kappa shape index (κ1) is 24.3. The van der Waals surface area contributed by atoms with Crippen LogP contribution in [-0.4, -0.2) is 21.3 Å². The molecule has 1 N–H and O–H groups in total. The molecule has 0 aliphatic carbocycles. The third kappa shape index (κ3) is 4.36. The number of ether oxygens (including phenoxy) is 1. The van der Waals surface area contributed by atoms with Crippen molar-refractivity contribution < 1.29 is 4.74 Å². The van der Waals surface area contributed by atoms with Crippen LogP contribution in [0.25, 0.3) is 5.69 Å². The summed E-state index contributed by atoms with van der Waals surface area (Å²) < 4.78 is 7.95. The van der Waals surface area contributed by atoms with Gasteiger partial charge in [-0.05, 0) is 106 Å². The molecule has 36 heavy (non-hydrogen) atoms. The highest BCUT2D eigenvalue weighted by Gasteiger charge is 2.42. The molecule has 4 aromatic rings. The minimum absolute atomic E-state index is 0.0928. The molecule has 0 amide bonds. The Labute approximate surface area is 222 Å². The standard InChI is InChI=1S/C29H29ClN4OS/c1-5-35-23-13-11-22(12-14-23)34-28(27(32-29(34)36)25-8-6-7-15-31-25)24-16-19(3)33(20(24)4)26-17-21(30)10-9-18(26)2/h6-17,27-28H,5H2,1-4H3,(H,32,36). The second kappa shape index (κ2) is 9.96. The van der Waals surface area contributed by atoms with Gasteiger partial charge in [0.1, 0.15) is 5.75 Å². The number of rotatable bonds is 6. The Bertz CT molecular complexity index is 1400. The van der Waals surface area contributed by atoms with Gasteiger partial charge in [0.2, 0.25) is 0 Å². The molecule has 0 saturated carbocycles. The van der Waals surface area contributed by atoms with Crippen molar-refractivity contribution in [3.8, 4) is 11.4 Å². The molecule has 0 bridgehead atoms.